The van der Waals surface area contributed by atoms with Crippen LogP contribution >= 0.6 is 0 Å². The molecule has 0 bridgehead atoms. The van der Waals surface area contributed by atoms with Crippen molar-refractivity contribution in [3.8, 4) is 0 Å². The summed E-state index contributed by atoms with van der Waals surface area (Å²) < 4.78 is 31.6. The van der Waals surface area contributed by atoms with E-state index in [1.54, 1.807) is 6.07 Å². The number of hydrogen-bond donors (Lipinski definition) is 1. The van der Waals surface area contributed by atoms with E-state index >= 15 is 0 Å². The molecule has 0 fully saturated rings. The normalized spacial score (nSPS) is 14.8. The number of aliphatic hydroxyl groups is 1. The Morgan fingerprint density at radius 1 is 1.19 bits per heavy atom. The van der Waals surface area contributed by atoms with E-state index in [0.717, 1.165) is 6.07 Å². The first-order chi connectivity index (χ1) is 7.53. The Balaban J connectivity index is 2.56. The highest BCUT2D eigenvalue weighted by Gasteiger charge is 2.32. The molecule has 0 spiro atoms. The van der Waals surface area contributed by atoms with Crippen LogP contribution in [0, 0.1) is 11.6 Å². The minimum atomic E-state index is -1.68. The zero-order valence-corrected chi connectivity index (χ0v) is 8.58. The molecule has 16 heavy (non-hydrogen) atoms. The lowest BCUT2D eigenvalue weighted by atomic mass is 9.93. The third kappa shape index (κ3) is 1.61. The molecule has 0 aliphatic heterocycles. The van der Waals surface area contributed by atoms with Crippen molar-refractivity contribution in [1.29, 1.82) is 0 Å². The molecule has 2 rings (SSSR count). The Bertz CT molecular complexity index is 490. The summed E-state index contributed by atoms with van der Waals surface area (Å²) in [6, 6.07) is 6.73. The smallest absolute Gasteiger partial charge is 0.165 e. The zero-order valence-electron chi connectivity index (χ0n) is 8.58. The Morgan fingerprint density at radius 3 is 2.56 bits per heavy atom. The van der Waals surface area contributed by atoms with Gasteiger partial charge in [0.15, 0.2) is 11.6 Å². The van der Waals surface area contributed by atoms with E-state index in [1.165, 1.54) is 31.4 Å². The van der Waals surface area contributed by atoms with Gasteiger partial charge in [-0.15, -0.1) is 0 Å². The van der Waals surface area contributed by atoms with Crippen molar-refractivity contribution in [2.24, 2.45) is 0 Å². The maximum atomic E-state index is 13.5. The Hall–Kier alpha value is -1.68. The number of furan rings is 1. The number of benzene rings is 1. The van der Waals surface area contributed by atoms with Crippen LogP contribution in [-0.4, -0.2) is 5.11 Å². The number of halogens is 2. The maximum Gasteiger partial charge on any atom is 0.165 e. The number of rotatable bonds is 2. The minimum absolute atomic E-state index is 0.151. The van der Waals surface area contributed by atoms with Gasteiger partial charge in [-0.1, -0.05) is 12.1 Å². The van der Waals surface area contributed by atoms with Crippen LogP contribution in [0.4, 0.5) is 8.78 Å². The molecule has 4 heteroatoms. The van der Waals surface area contributed by atoms with Gasteiger partial charge in [0.2, 0.25) is 0 Å². The average Bonchev–Trinajstić information content (AvgIpc) is 2.75. The lowest BCUT2D eigenvalue weighted by Gasteiger charge is -2.21. The van der Waals surface area contributed by atoms with E-state index < -0.39 is 17.2 Å². The predicted molar refractivity (Wildman–Crippen MR) is 53.7 cm³/mol. The van der Waals surface area contributed by atoms with Crippen LogP contribution in [0.1, 0.15) is 18.2 Å². The van der Waals surface area contributed by atoms with E-state index in [2.05, 4.69) is 0 Å². The molecular weight excluding hydrogens is 214 g/mol. The van der Waals surface area contributed by atoms with E-state index in [4.69, 9.17) is 4.42 Å². The Labute approximate surface area is 91.1 Å². The highest BCUT2D eigenvalue weighted by atomic mass is 19.2. The largest absolute Gasteiger partial charge is 0.466 e. The quantitative estimate of drug-likeness (QED) is 0.850. The van der Waals surface area contributed by atoms with Gasteiger partial charge >= 0.3 is 0 Å². The van der Waals surface area contributed by atoms with E-state index in [9.17, 15) is 13.9 Å². The summed E-state index contributed by atoms with van der Waals surface area (Å²) in [5.41, 5.74) is -1.84. The van der Waals surface area contributed by atoms with E-state index in [1.807, 2.05) is 0 Å². The van der Waals surface area contributed by atoms with Crippen molar-refractivity contribution in [2.75, 3.05) is 0 Å². The van der Waals surface area contributed by atoms with E-state index in [0.29, 0.717) is 0 Å². The molecule has 0 aliphatic rings. The zero-order chi connectivity index (χ0) is 11.8. The monoisotopic (exact) mass is 224 g/mol. The van der Waals surface area contributed by atoms with Crippen molar-refractivity contribution >= 4 is 0 Å². The first-order valence-corrected chi connectivity index (χ1v) is 4.74. The van der Waals surface area contributed by atoms with E-state index in [-0.39, 0.29) is 11.3 Å². The van der Waals surface area contributed by atoms with Gasteiger partial charge in [-0.05, 0) is 25.1 Å². The van der Waals surface area contributed by atoms with Gasteiger partial charge in [0.25, 0.3) is 0 Å². The standard InChI is InChI=1S/C12H10F2O2/c1-12(15,10-6-3-7-16-10)8-4-2-5-9(13)11(8)14/h2-7,15H,1H3. The van der Waals surface area contributed by atoms with Crippen molar-refractivity contribution in [3.05, 3.63) is 59.6 Å². The molecule has 1 aromatic carbocycles. The van der Waals surface area contributed by atoms with Gasteiger partial charge in [-0.2, -0.15) is 0 Å². The second kappa shape index (κ2) is 3.72. The molecular formula is C12H10F2O2. The molecule has 0 radical (unpaired) electrons. The first-order valence-electron chi connectivity index (χ1n) is 4.74. The molecule has 2 aromatic rings. The van der Waals surface area contributed by atoms with Crippen molar-refractivity contribution in [1.82, 2.24) is 0 Å². The van der Waals surface area contributed by atoms with Crippen LogP contribution in [0.15, 0.2) is 41.0 Å². The second-order valence-corrected chi connectivity index (χ2v) is 3.65. The molecule has 1 N–H and O–H groups in total. The van der Waals surface area contributed by atoms with Crippen molar-refractivity contribution in [2.45, 2.75) is 12.5 Å². The van der Waals surface area contributed by atoms with Gasteiger partial charge in [0, 0.05) is 5.56 Å². The highest BCUT2D eigenvalue weighted by molar-refractivity contribution is 5.31. The lowest BCUT2D eigenvalue weighted by Crippen LogP contribution is -2.24. The molecule has 1 unspecified atom stereocenters. The molecule has 0 aliphatic carbocycles. The van der Waals surface area contributed by atoms with Gasteiger partial charge in [0.05, 0.1) is 6.26 Å². The van der Waals surface area contributed by atoms with Crippen molar-refractivity contribution < 1.29 is 18.3 Å². The molecule has 1 aromatic heterocycles. The molecule has 84 valence electrons. The van der Waals surface area contributed by atoms with Gasteiger partial charge in [0.1, 0.15) is 11.4 Å². The molecule has 0 amide bonds. The fourth-order valence-electron chi connectivity index (χ4n) is 1.57. The summed E-state index contributed by atoms with van der Waals surface area (Å²) in [6.07, 6.45) is 1.36. The minimum Gasteiger partial charge on any atom is -0.466 e. The van der Waals surface area contributed by atoms with Crippen LogP contribution in [0.3, 0.4) is 0 Å². The summed E-state index contributed by atoms with van der Waals surface area (Å²) in [6.45, 7) is 1.35. The Morgan fingerprint density at radius 2 is 1.94 bits per heavy atom. The molecule has 2 nitrogen and oxygen atoms in total. The van der Waals surface area contributed by atoms with Gasteiger partial charge in [-0.25, -0.2) is 8.78 Å². The fourth-order valence-corrected chi connectivity index (χ4v) is 1.57. The average molecular weight is 224 g/mol. The van der Waals surface area contributed by atoms with Crippen LogP contribution < -0.4 is 0 Å². The van der Waals surface area contributed by atoms with Gasteiger partial charge in [-0.3, -0.25) is 0 Å². The summed E-state index contributed by atoms with van der Waals surface area (Å²) >= 11 is 0. The van der Waals surface area contributed by atoms with Crippen LogP contribution in [0.5, 0.6) is 0 Å². The summed E-state index contributed by atoms with van der Waals surface area (Å²) in [7, 11) is 0. The Kier molecular flexibility index (Phi) is 2.52. The third-order valence-electron chi connectivity index (χ3n) is 2.48. The topological polar surface area (TPSA) is 33.4 Å². The summed E-state index contributed by atoms with van der Waals surface area (Å²) in [4.78, 5) is 0. The highest BCUT2D eigenvalue weighted by Crippen LogP contribution is 2.31. The SMILES string of the molecule is CC(O)(c1ccco1)c1cccc(F)c1F. The lowest BCUT2D eigenvalue weighted by molar-refractivity contribution is 0.0721. The molecule has 0 saturated carbocycles. The van der Waals surface area contributed by atoms with Crippen LogP contribution in [0.2, 0.25) is 0 Å². The van der Waals surface area contributed by atoms with Crippen LogP contribution in [0.25, 0.3) is 0 Å². The second-order valence-electron chi connectivity index (χ2n) is 3.65. The molecule has 0 saturated heterocycles. The number of hydrogen-bond acceptors (Lipinski definition) is 2. The predicted octanol–water partition coefficient (Wildman–Crippen LogP) is 2.81. The summed E-state index contributed by atoms with van der Waals surface area (Å²) in [5.74, 6) is -1.90. The van der Waals surface area contributed by atoms with Crippen LogP contribution in [-0.2, 0) is 5.60 Å². The summed E-state index contributed by atoms with van der Waals surface area (Å²) in [5, 5.41) is 10.2. The molecule has 1 heterocycles. The fraction of sp³-hybridized carbons (Fsp3) is 0.167. The maximum absolute atomic E-state index is 13.5. The molecule has 1 atom stereocenters. The van der Waals surface area contributed by atoms with Crippen molar-refractivity contribution in [3.63, 3.8) is 0 Å². The third-order valence-corrected chi connectivity index (χ3v) is 2.48. The van der Waals surface area contributed by atoms with Gasteiger partial charge < -0.3 is 9.52 Å². The first kappa shape index (κ1) is 10.8.